The SMILES string of the molecule is Cc1noc2ncnc(N(CCC(=O)O)C(C)C)c12. The summed E-state index contributed by atoms with van der Waals surface area (Å²) in [6, 6.07) is 0.117. The molecule has 2 aromatic rings. The van der Waals surface area contributed by atoms with E-state index in [2.05, 4.69) is 15.1 Å². The van der Waals surface area contributed by atoms with Crippen LogP contribution in [-0.4, -0.2) is 38.8 Å². The molecular formula is C12H16N4O3. The van der Waals surface area contributed by atoms with Gasteiger partial charge in [0.1, 0.15) is 17.5 Å². The van der Waals surface area contributed by atoms with E-state index < -0.39 is 5.97 Å². The average molecular weight is 264 g/mol. The van der Waals surface area contributed by atoms with E-state index in [0.29, 0.717) is 23.8 Å². The second-order valence-electron chi connectivity index (χ2n) is 4.58. The summed E-state index contributed by atoms with van der Waals surface area (Å²) >= 11 is 0. The van der Waals surface area contributed by atoms with Crippen molar-refractivity contribution in [3.05, 3.63) is 12.0 Å². The smallest absolute Gasteiger partial charge is 0.305 e. The predicted molar refractivity (Wildman–Crippen MR) is 69.1 cm³/mol. The van der Waals surface area contributed by atoms with Crippen LogP contribution in [0.2, 0.25) is 0 Å². The van der Waals surface area contributed by atoms with Crippen molar-refractivity contribution in [3.63, 3.8) is 0 Å². The monoisotopic (exact) mass is 264 g/mol. The number of rotatable bonds is 5. The average Bonchev–Trinajstić information content (AvgIpc) is 2.71. The van der Waals surface area contributed by atoms with Crippen molar-refractivity contribution < 1.29 is 14.4 Å². The molecule has 0 saturated heterocycles. The van der Waals surface area contributed by atoms with Gasteiger partial charge in [-0.1, -0.05) is 5.16 Å². The summed E-state index contributed by atoms with van der Waals surface area (Å²) in [5, 5.41) is 13.4. The van der Waals surface area contributed by atoms with E-state index in [1.807, 2.05) is 25.7 Å². The summed E-state index contributed by atoms with van der Waals surface area (Å²) in [4.78, 5) is 20.9. The van der Waals surface area contributed by atoms with Crippen LogP contribution in [0.3, 0.4) is 0 Å². The number of aromatic nitrogens is 3. The molecule has 102 valence electrons. The summed E-state index contributed by atoms with van der Waals surface area (Å²) in [6.45, 7) is 6.16. The molecule has 0 atom stereocenters. The molecule has 1 N–H and O–H groups in total. The van der Waals surface area contributed by atoms with Gasteiger partial charge in [0.05, 0.1) is 12.1 Å². The second kappa shape index (κ2) is 5.21. The van der Waals surface area contributed by atoms with Gasteiger partial charge >= 0.3 is 5.97 Å². The lowest BCUT2D eigenvalue weighted by Gasteiger charge is -2.27. The highest BCUT2D eigenvalue weighted by atomic mass is 16.5. The lowest BCUT2D eigenvalue weighted by Crippen LogP contribution is -2.33. The zero-order chi connectivity index (χ0) is 14.0. The summed E-state index contributed by atoms with van der Waals surface area (Å²) in [5.74, 6) is -0.169. The van der Waals surface area contributed by atoms with Crippen molar-refractivity contribution in [1.29, 1.82) is 0 Å². The Bertz CT molecular complexity index is 594. The van der Waals surface area contributed by atoms with Crippen molar-refractivity contribution in [1.82, 2.24) is 15.1 Å². The largest absolute Gasteiger partial charge is 0.481 e. The number of anilines is 1. The molecule has 7 nitrogen and oxygen atoms in total. The Morgan fingerprint density at radius 1 is 1.47 bits per heavy atom. The fourth-order valence-electron chi connectivity index (χ4n) is 1.95. The molecule has 7 heteroatoms. The number of carboxylic acids is 1. The standard InChI is InChI=1S/C12H16N4O3/c1-7(2)16(5-4-9(17)18)11-10-8(3)15-19-12(10)14-6-13-11/h6-7H,4-5H2,1-3H3,(H,17,18). The normalized spacial score (nSPS) is 11.2. The van der Waals surface area contributed by atoms with Crippen molar-refractivity contribution >= 4 is 22.9 Å². The molecule has 0 aromatic carbocycles. The van der Waals surface area contributed by atoms with Crippen molar-refractivity contribution in [2.45, 2.75) is 33.2 Å². The van der Waals surface area contributed by atoms with E-state index >= 15 is 0 Å². The number of fused-ring (bicyclic) bond motifs is 1. The number of hydrogen-bond donors (Lipinski definition) is 1. The van der Waals surface area contributed by atoms with E-state index in [1.165, 1.54) is 6.33 Å². The van der Waals surface area contributed by atoms with Gasteiger partial charge in [-0.15, -0.1) is 0 Å². The minimum atomic E-state index is -0.835. The Kier molecular flexibility index (Phi) is 3.64. The van der Waals surface area contributed by atoms with Gasteiger partial charge in [0.15, 0.2) is 0 Å². The van der Waals surface area contributed by atoms with E-state index in [1.54, 1.807) is 0 Å². The number of aryl methyl sites for hydroxylation is 1. The molecule has 19 heavy (non-hydrogen) atoms. The third kappa shape index (κ3) is 2.64. The molecule has 0 amide bonds. The first kappa shape index (κ1) is 13.3. The van der Waals surface area contributed by atoms with Gasteiger partial charge in [0, 0.05) is 12.6 Å². The van der Waals surface area contributed by atoms with Gasteiger partial charge in [-0.25, -0.2) is 4.98 Å². The fraction of sp³-hybridized carbons (Fsp3) is 0.500. The van der Waals surface area contributed by atoms with Crippen LogP contribution in [0, 0.1) is 6.92 Å². The first-order valence-corrected chi connectivity index (χ1v) is 6.06. The van der Waals surface area contributed by atoms with E-state index in [9.17, 15) is 4.79 Å². The van der Waals surface area contributed by atoms with Gasteiger partial charge < -0.3 is 14.5 Å². The van der Waals surface area contributed by atoms with Crippen molar-refractivity contribution in [3.8, 4) is 0 Å². The molecule has 2 rings (SSSR count). The zero-order valence-electron chi connectivity index (χ0n) is 11.1. The molecular weight excluding hydrogens is 248 g/mol. The molecule has 0 fully saturated rings. The molecule has 0 saturated carbocycles. The van der Waals surface area contributed by atoms with Crippen LogP contribution in [0.1, 0.15) is 26.0 Å². The molecule has 0 aliphatic carbocycles. The molecule has 0 spiro atoms. The minimum Gasteiger partial charge on any atom is -0.481 e. The van der Waals surface area contributed by atoms with E-state index in [-0.39, 0.29) is 12.5 Å². The first-order chi connectivity index (χ1) is 9.00. The number of nitrogens with zero attached hydrogens (tertiary/aromatic N) is 4. The maximum Gasteiger partial charge on any atom is 0.305 e. The molecule has 0 bridgehead atoms. The van der Waals surface area contributed by atoms with Gasteiger partial charge in [0.2, 0.25) is 0 Å². The van der Waals surface area contributed by atoms with Crippen LogP contribution in [0.25, 0.3) is 11.1 Å². The topological polar surface area (TPSA) is 92.4 Å². The maximum absolute atomic E-state index is 10.7. The van der Waals surface area contributed by atoms with Crippen LogP contribution in [0.4, 0.5) is 5.82 Å². The Morgan fingerprint density at radius 3 is 2.84 bits per heavy atom. The van der Waals surface area contributed by atoms with Crippen LogP contribution < -0.4 is 4.90 Å². The van der Waals surface area contributed by atoms with Crippen LogP contribution >= 0.6 is 0 Å². The van der Waals surface area contributed by atoms with Gasteiger partial charge in [-0.3, -0.25) is 4.79 Å². The van der Waals surface area contributed by atoms with Gasteiger partial charge in [0.25, 0.3) is 5.71 Å². The molecule has 2 aromatic heterocycles. The minimum absolute atomic E-state index is 0.0496. The highest BCUT2D eigenvalue weighted by Gasteiger charge is 2.20. The number of carbonyl (C=O) groups is 1. The highest BCUT2D eigenvalue weighted by molar-refractivity contribution is 5.88. The van der Waals surface area contributed by atoms with Crippen LogP contribution in [-0.2, 0) is 4.79 Å². The summed E-state index contributed by atoms with van der Waals surface area (Å²) in [6.07, 6.45) is 1.45. The molecule has 0 aliphatic heterocycles. The second-order valence-corrected chi connectivity index (χ2v) is 4.58. The number of aliphatic carboxylic acids is 1. The van der Waals surface area contributed by atoms with Crippen molar-refractivity contribution in [2.24, 2.45) is 0 Å². The lowest BCUT2D eigenvalue weighted by molar-refractivity contribution is -0.136. The Hall–Kier alpha value is -2.18. The number of carboxylic acid groups (broad SMARTS) is 1. The maximum atomic E-state index is 10.7. The zero-order valence-corrected chi connectivity index (χ0v) is 11.1. The fourth-order valence-corrected chi connectivity index (χ4v) is 1.95. The van der Waals surface area contributed by atoms with Gasteiger partial charge in [-0.05, 0) is 20.8 Å². The number of hydrogen-bond acceptors (Lipinski definition) is 6. The molecule has 0 unspecified atom stereocenters. The van der Waals surface area contributed by atoms with Crippen LogP contribution in [0.15, 0.2) is 10.9 Å². The lowest BCUT2D eigenvalue weighted by atomic mass is 10.2. The van der Waals surface area contributed by atoms with E-state index in [4.69, 9.17) is 9.63 Å². The van der Waals surface area contributed by atoms with Gasteiger partial charge in [-0.2, -0.15) is 4.98 Å². The van der Waals surface area contributed by atoms with E-state index in [0.717, 1.165) is 5.39 Å². The summed E-state index contributed by atoms with van der Waals surface area (Å²) in [7, 11) is 0. The quantitative estimate of drug-likeness (QED) is 0.876. The Labute approximate surface area is 110 Å². The predicted octanol–water partition coefficient (Wildman–Crippen LogP) is 1.62. The molecule has 0 radical (unpaired) electrons. The molecule has 2 heterocycles. The summed E-state index contributed by atoms with van der Waals surface area (Å²) in [5.41, 5.74) is 1.12. The Balaban J connectivity index is 2.43. The van der Waals surface area contributed by atoms with Crippen molar-refractivity contribution in [2.75, 3.05) is 11.4 Å². The highest BCUT2D eigenvalue weighted by Crippen LogP contribution is 2.27. The molecule has 0 aliphatic rings. The third-order valence-electron chi connectivity index (χ3n) is 2.89. The summed E-state index contributed by atoms with van der Waals surface area (Å²) < 4.78 is 5.10. The Morgan fingerprint density at radius 2 is 2.21 bits per heavy atom. The third-order valence-corrected chi connectivity index (χ3v) is 2.89. The first-order valence-electron chi connectivity index (χ1n) is 6.06. The van der Waals surface area contributed by atoms with Crippen LogP contribution in [0.5, 0.6) is 0 Å².